The van der Waals surface area contributed by atoms with Crippen LogP contribution in [0.1, 0.15) is 21.6 Å². The Labute approximate surface area is 188 Å². The van der Waals surface area contributed by atoms with Crippen molar-refractivity contribution < 1.29 is 17.9 Å². The third kappa shape index (κ3) is 4.71. The molecule has 0 atom stereocenters. The molecular weight excluding hydrogens is 430 g/mol. The molecule has 32 heavy (non-hydrogen) atoms. The van der Waals surface area contributed by atoms with Crippen molar-refractivity contribution in [3.63, 3.8) is 0 Å². The number of hydrogen-bond donors (Lipinski definition) is 0. The van der Waals surface area contributed by atoms with Crippen molar-refractivity contribution in [1.29, 1.82) is 5.26 Å². The minimum Gasteiger partial charge on any atom is -0.379 e. The highest BCUT2D eigenvalue weighted by atomic mass is 32.2. The van der Waals surface area contributed by atoms with Crippen molar-refractivity contribution in [2.75, 3.05) is 52.5 Å². The number of nitrogens with zero attached hydrogens (tertiary/aromatic N) is 5. The number of amides is 1. The standard InChI is InChI=1S/C22H27N5O4S/c1-24-17-20(32(29,30)27-10-12-31-13-11-27)14-21(24)22(28)26-8-6-25(7-9-26)16-19-4-2-18(15-23)3-5-19/h2-5,14,17H,6-13,16H2,1H3. The summed E-state index contributed by atoms with van der Waals surface area (Å²) in [6, 6.07) is 11.1. The van der Waals surface area contributed by atoms with E-state index < -0.39 is 10.0 Å². The predicted octanol–water partition coefficient (Wildman–Crippen LogP) is 0.876. The van der Waals surface area contributed by atoms with Crippen LogP contribution in [0, 0.1) is 11.3 Å². The summed E-state index contributed by atoms with van der Waals surface area (Å²) in [4.78, 5) is 17.3. The third-order valence-corrected chi connectivity index (χ3v) is 7.82. The molecule has 170 valence electrons. The van der Waals surface area contributed by atoms with Crippen LogP contribution in [0.15, 0.2) is 41.4 Å². The second kappa shape index (κ2) is 9.42. The van der Waals surface area contributed by atoms with Gasteiger partial charge in [0.15, 0.2) is 0 Å². The van der Waals surface area contributed by atoms with Crippen LogP contribution in [-0.4, -0.2) is 85.5 Å². The normalized spacial score (nSPS) is 18.4. The molecule has 1 amide bonds. The molecule has 9 nitrogen and oxygen atoms in total. The van der Waals surface area contributed by atoms with Gasteiger partial charge in [0.2, 0.25) is 10.0 Å². The summed E-state index contributed by atoms with van der Waals surface area (Å²) >= 11 is 0. The Morgan fingerprint density at radius 2 is 1.72 bits per heavy atom. The molecule has 2 fully saturated rings. The van der Waals surface area contributed by atoms with Gasteiger partial charge in [0.1, 0.15) is 10.6 Å². The van der Waals surface area contributed by atoms with Crippen LogP contribution in [0.4, 0.5) is 0 Å². The number of aryl methyl sites for hydroxylation is 1. The zero-order chi connectivity index (χ0) is 22.7. The van der Waals surface area contributed by atoms with E-state index in [-0.39, 0.29) is 10.8 Å². The molecule has 2 saturated heterocycles. The minimum atomic E-state index is -3.64. The van der Waals surface area contributed by atoms with Crippen LogP contribution in [-0.2, 0) is 28.4 Å². The van der Waals surface area contributed by atoms with E-state index in [1.807, 2.05) is 24.3 Å². The molecule has 2 aliphatic rings. The molecule has 3 heterocycles. The van der Waals surface area contributed by atoms with Crippen molar-refractivity contribution >= 4 is 15.9 Å². The van der Waals surface area contributed by atoms with E-state index in [0.717, 1.165) is 25.2 Å². The first-order valence-corrected chi connectivity index (χ1v) is 12.1. The Balaban J connectivity index is 1.38. The van der Waals surface area contributed by atoms with Crippen molar-refractivity contribution in [2.45, 2.75) is 11.4 Å². The Morgan fingerprint density at radius 3 is 2.34 bits per heavy atom. The van der Waals surface area contributed by atoms with Crippen molar-refractivity contribution in [2.24, 2.45) is 7.05 Å². The summed E-state index contributed by atoms with van der Waals surface area (Å²) in [6.45, 7) is 4.78. The maximum absolute atomic E-state index is 13.1. The molecule has 2 aromatic rings. The Morgan fingerprint density at radius 1 is 1.06 bits per heavy atom. The highest BCUT2D eigenvalue weighted by Crippen LogP contribution is 2.21. The van der Waals surface area contributed by atoms with Crippen LogP contribution in [0.3, 0.4) is 0 Å². The van der Waals surface area contributed by atoms with E-state index in [0.29, 0.717) is 50.7 Å². The van der Waals surface area contributed by atoms with E-state index >= 15 is 0 Å². The molecule has 2 aliphatic heterocycles. The van der Waals surface area contributed by atoms with Gasteiger partial charge in [0.05, 0.1) is 24.8 Å². The summed E-state index contributed by atoms with van der Waals surface area (Å²) in [7, 11) is -1.94. The molecule has 0 bridgehead atoms. The molecule has 0 saturated carbocycles. The first-order valence-electron chi connectivity index (χ1n) is 10.6. The lowest BCUT2D eigenvalue weighted by Gasteiger charge is -2.34. The Hall–Kier alpha value is -2.71. The maximum atomic E-state index is 13.1. The summed E-state index contributed by atoms with van der Waals surface area (Å²) in [6.07, 6.45) is 1.51. The summed E-state index contributed by atoms with van der Waals surface area (Å²) in [5.74, 6) is -0.158. The van der Waals surface area contributed by atoms with Gasteiger partial charge < -0.3 is 14.2 Å². The second-order valence-corrected chi connectivity index (χ2v) is 10.0. The number of nitriles is 1. The zero-order valence-electron chi connectivity index (χ0n) is 18.1. The second-order valence-electron chi connectivity index (χ2n) is 8.07. The molecule has 0 unspecified atom stereocenters. The van der Waals surface area contributed by atoms with E-state index in [1.54, 1.807) is 16.5 Å². The average Bonchev–Trinajstić information content (AvgIpc) is 3.22. The number of ether oxygens (including phenoxy) is 1. The Bertz CT molecular complexity index is 1110. The van der Waals surface area contributed by atoms with Gasteiger partial charge in [-0.2, -0.15) is 9.57 Å². The van der Waals surface area contributed by atoms with E-state index in [2.05, 4.69) is 11.0 Å². The molecule has 0 radical (unpaired) electrons. The molecule has 0 spiro atoms. The SMILES string of the molecule is Cn1cc(S(=O)(=O)N2CCOCC2)cc1C(=O)N1CCN(Cc2ccc(C#N)cc2)CC1. The van der Waals surface area contributed by atoms with E-state index in [1.165, 1.54) is 16.6 Å². The van der Waals surface area contributed by atoms with E-state index in [9.17, 15) is 13.2 Å². The smallest absolute Gasteiger partial charge is 0.270 e. The number of carbonyl (C=O) groups excluding carboxylic acids is 1. The number of hydrogen-bond acceptors (Lipinski definition) is 6. The van der Waals surface area contributed by atoms with Crippen LogP contribution >= 0.6 is 0 Å². The summed E-state index contributed by atoms with van der Waals surface area (Å²) < 4.78 is 34.1. The predicted molar refractivity (Wildman–Crippen MR) is 117 cm³/mol. The van der Waals surface area contributed by atoms with Crippen molar-refractivity contribution in [1.82, 2.24) is 18.7 Å². The molecule has 10 heteroatoms. The highest BCUT2D eigenvalue weighted by molar-refractivity contribution is 7.89. The molecular formula is C22H27N5O4S. The van der Waals surface area contributed by atoms with Gasteiger partial charge in [-0.05, 0) is 23.8 Å². The van der Waals surface area contributed by atoms with Gasteiger partial charge in [0, 0.05) is 59.1 Å². The van der Waals surface area contributed by atoms with Gasteiger partial charge in [-0.15, -0.1) is 0 Å². The van der Waals surface area contributed by atoms with Crippen LogP contribution in [0.2, 0.25) is 0 Å². The molecule has 0 aliphatic carbocycles. The fourth-order valence-corrected chi connectivity index (χ4v) is 5.52. The zero-order valence-corrected chi connectivity index (χ0v) is 18.9. The van der Waals surface area contributed by atoms with Crippen LogP contribution in [0.5, 0.6) is 0 Å². The van der Waals surface area contributed by atoms with Gasteiger partial charge in [-0.3, -0.25) is 9.69 Å². The number of morpholine rings is 1. The van der Waals surface area contributed by atoms with Gasteiger partial charge in [0.25, 0.3) is 5.91 Å². The number of carbonyl (C=O) groups is 1. The summed E-state index contributed by atoms with van der Waals surface area (Å²) in [5, 5.41) is 8.92. The molecule has 4 rings (SSSR count). The number of aromatic nitrogens is 1. The summed E-state index contributed by atoms with van der Waals surface area (Å²) in [5.41, 5.74) is 2.14. The van der Waals surface area contributed by atoms with E-state index in [4.69, 9.17) is 10.00 Å². The van der Waals surface area contributed by atoms with Crippen molar-refractivity contribution in [3.05, 3.63) is 53.3 Å². The molecule has 1 aromatic carbocycles. The highest BCUT2D eigenvalue weighted by Gasteiger charge is 2.30. The largest absolute Gasteiger partial charge is 0.379 e. The number of sulfonamides is 1. The quantitative estimate of drug-likeness (QED) is 0.661. The lowest BCUT2D eigenvalue weighted by Crippen LogP contribution is -2.48. The van der Waals surface area contributed by atoms with Gasteiger partial charge in [-0.25, -0.2) is 8.42 Å². The van der Waals surface area contributed by atoms with Crippen LogP contribution < -0.4 is 0 Å². The maximum Gasteiger partial charge on any atom is 0.270 e. The number of rotatable bonds is 5. The molecule has 0 N–H and O–H groups in total. The lowest BCUT2D eigenvalue weighted by atomic mass is 10.1. The fourth-order valence-electron chi connectivity index (χ4n) is 4.04. The lowest BCUT2D eigenvalue weighted by molar-refractivity contribution is 0.0619. The van der Waals surface area contributed by atoms with Crippen LogP contribution in [0.25, 0.3) is 0 Å². The van der Waals surface area contributed by atoms with Gasteiger partial charge in [-0.1, -0.05) is 12.1 Å². The minimum absolute atomic E-state index is 0.143. The average molecular weight is 458 g/mol. The first kappa shape index (κ1) is 22.5. The fraction of sp³-hybridized carbons (Fsp3) is 0.455. The first-order chi connectivity index (χ1) is 15.4. The van der Waals surface area contributed by atoms with Gasteiger partial charge >= 0.3 is 0 Å². The topological polar surface area (TPSA) is 98.9 Å². The number of benzene rings is 1. The number of piperazine rings is 1. The Kier molecular flexibility index (Phi) is 6.62. The third-order valence-electron chi connectivity index (χ3n) is 5.96. The van der Waals surface area contributed by atoms with Crippen molar-refractivity contribution in [3.8, 4) is 6.07 Å². The monoisotopic (exact) mass is 457 g/mol. The molecule has 1 aromatic heterocycles.